The predicted octanol–water partition coefficient (Wildman–Crippen LogP) is 5.43. The smallest absolute Gasteiger partial charge is 0.287 e. The Labute approximate surface area is 151 Å². The lowest BCUT2D eigenvalue weighted by molar-refractivity contribution is -0.218. The molecule has 3 aliphatic rings. The van der Waals surface area contributed by atoms with Crippen molar-refractivity contribution in [1.82, 2.24) is 9.80 Å². The van der Waals surface area contributed by atoms with Crippen molar-refractivity contribution in [3.8, 4) is 0 Å². The molecule has 2 aliphatic heterocycles. The van der Waals surface area contributed by atoms with Gasteiger partial charge in [-0.2, -0.15) is 13.2 Å². The van der Waals surface area contributed by atoms with E-state index in [4.69, 9.17) is 0 Å². The third-order valence-electron chi connectivity index (χ3n) is 6.62. The third-order valence-corrected chi connectivity index (χ3v) is 6.62. The van der Waals surface area contributed by atoms with E-state index in [1.807, 2.05) is 0 Å². The molecule has 3 rings (SSSR count). The number of halogens is 3. The molecule has 3 fully saturated rings. The zero-order valence-electron chi connectivity index (χ0n) is 15.6. The van der Waals surface area contributed by atoms with Crippen LogP contribution in [0.4, 0.5) is 13.2 Å². The molecule has 2 heterocycles. The van der Waals surface area contributed by atoms with Gasteiger partial charge in [-0.1, -0.05) is 44.9 Å². The van der Waals surface area contributed by atoms with Crippen LogP contribution in [-0.2, 0) is 0 Å². The number of hydrogen-bond acceptors (Lipinski definition) is 2. The Kier molecular flexibility index (Phi) is 7.07. The highest BCUT2D eigenvalue weighted by Gasteiger charge is 2.49. The fourth-order valence-corrected chi connectivity index (χ4v) is 5.31. The Morgan fingerprint density at radius 1 is 0.680 bits per heavy atom. The van der Waals surface area contributed by atoms with Crippen LogP contribution in [0.3, 0.4) is 0 Å². The summed E-state index contributed by atoms with van der Waals surface area (Å²) in [6, 6.07) is 0. The first-order valence-corrected chi connectivity index (χ1v) is 10.6. The van der Waals surface area contributed by atoms with E-state index in [1.54, 1.807) is 0 Å². The Balaban J connectivity index is 1.79. The van der Waals surface area contributed by atoms with Crippen molar-refractivity contribution in [2.24, 2.45) is 11.8 Å². The summed E-state index contributed by atoms with van der Waals surface area (Å²) in [5.41, 5.74) is 0. The Bertz CT molecular complexity index is 363. The monoisotopic (exact) mass is 360 g/mol. The van der Waals surface area contributed by atoms with Crippen LogP contribution >= 0.6 is 0 Å². The van der Waals surface area contributed by atoms with Crippen molar-refractivity contribution >= 4 is 0 Å². The predicted molar refractivity (Wildman–Crippen MR) is 95.4 cm³/mol. The lowest BCUT2D eigenvalue weighted by Gasteiger charge is -2.48. The molecule has 1 saturated carbocycles. The molecule has 2 saturated heterocycles. The van der Waals surface area contributed by atoms with Crippen LogP contribution in [0, 0.1) is 11.8 Å². The Morgan fingerprint density at radius 2 is 1.12 bits per heavy atom. The van der Waals surface area contributed by atoms with E-state index in [1.165, 1.54) is 19.3 Å². The van der Waals surface area contributed by atoms with Crippen molar-refractivity contribution in [1.29, 1.82) is 0 Å². The van der Waals surface area contributed by atoms with Crippen LogP contribution in [0.2, 0.25) is 0 Å². The maximum absolute atomic E-state index is 14.2. The van der Waals surface area contributed by atoms with E-state index < -0.39 is 18.3 Å². The van der Waals surface area contributed by atoms with E-state index in [9.17, 15) is 13.2 Å². The quantitative estimate of drug-likeness (QED) is 0.645. The van der Waals surface area contributed by atoms with Gasteiger partial charge in [-0.15, -0.1) is 0 Å². The van der Waals surface area contributed by atoms with Crippen molar-refractivity contribution < 1.29 is 13.2 Å². The summed E-state index contributed by atoms with van der Waals surface area (Å²) in [7, 11) is 0. The van der Waals surface area contributed by atoms with Gasteiger partial charge >= 0.3 is 6.18 Å². The van der Waals surface area contributed by atoms with Gasteiger partial charge in [0, 0.05) is 0 Å². The second kappa shape index (κ2) is 9.07. The summed E-state index contributed by atoms with van der Waals surface area (Å²) >= 11 is 0. The van der Waals surface area contributed by atoms with Gasteiger partial charge in [0.25, 0.3) is 0 Å². The van der Waals surface area contributed by atoms with E-state index in [0.29, 0.717) is 6.42 Å². The average molecular weight is 361 g/mol. The van der Waals surface area contributed by atoms with Crippen molar-refractivity contribution in [2.75, 3.05) is 26.2 Å². The molecule has 0 N–H and O–H groups in total. The van der Waals surface area contributed by atoms with Gasteiger partial charge in [0.2, 0.25) is 0 Å². The first-order valence-electron chi connectivity index (χ1n) is 10.6. The highest BCUT2D eigenvalue weighted by molar-refractivity contribution is 4.89. The van der Waals surface area contributed by atoms with E-state index in [2.05, 4.69) is 9.80 Å². The second-order valence-electron chi connectivity index (χ2n) is 8.49. The molecule has 0 bridgehead atoms. The first-order chi connectivity index (χ1) is 12.1. The minimum atomic E-state index is -4.09. The molecule has 5 heteroatoms. The minimum absolute atomic E-state index is 0.275. The maximum Gasteiger partial charge on any atom is 0.394 e. The molecule has 1 unspecified atom stereocenters. The van der Waals surface area contributed by atoms with E-state index in [-0.39, 0.29) is 5.92 Å². The molecule has 1 atom stereocenters. The topological polar surface area (TPSA) is 6.48 Å². The largest absolute Gasteiger partial charge is 0.394 e. The minimum Gasteiger partial charge on any atom is -0.287 e. The van der Waals surface area contributed by atoms with Crippen LogP contribution in [0.1, 0.15) is 77.0 Å². The highest BCUT2D eigenvalue weighted by Crippen LogP contribution is 2.41. The van der Waals surface area contributed by atoms with Crippen LogP contribution in [0.15, 0.2) is 0 Å². The Morgan fingerprint density at radius 3 is 1.56 bits per heavy atom. The number of rotatable bonds is 5. The molecule has 0 aromatic heterocycles. The fourth-order valence-electron chi connectivity index (χ4n) is 5.31. The molecule has 2 nitrogen and oxygen atoms in total. The summed E-state index contributed by atoms with van der Waals surface area (Å²) in [5, 5.41) is 0. The van der Waals surface area contributed by atoms with Gasteiger partial charge in [-0.25, -0.2) is 0 Å². The zero-order valence-corrected chi connectivity index (χ0v) is 15.6. The standard InChI is InChI=1S/C20H35F3N2/c21-20(22,23)18(16-17-10-4-1-5-11-17)19(24-12-6-2-7-13-24)25-14-8-3-9-15-25/h17-19H,1-16H2. The molecule has 25 heavy (non-hydrogen) atoms. The molecule has 0 spiro atoms. The summed E-state index contributed by atoms with van der Waals surface area (Å²) in [6.07, 6.45) is 7.84. The lowest BCUT2D eigenvalue weighted by Crippen LogP contribution is -2.58. The van der Waals surface area contributed by atoms with Crippen LogP contribution in [-0.4, -0.2) is 48.3 Å². The van der Waals surface area contributed by atoms with Gasteiger partial charge < -0.3 is 0 Å². The van der Waals surface area contributed by atoms with Gasteiger partial charge in [0.05, 0.1) is 12.1 Å². The average Bonchev–Trinajstić information content (AvgIpc) is 2.63. The fraction of sp³-hybridized carbons (Fsp3) is 1.00. The van der Waals surface area contributed by atoms with Crippen molar-refractivity contribution in [3.63, 3.8) is 0 Å². The summed E-state index contributed by atoms with van der Waals surface area (Å²) in [6.45, 7) is 3.38. The lowest BCUT2D eigenvalue weighted by atomic mass is 9.80. The van der Waals surface area contributed by atoms with E-state index in [0.717, 1.165) is 77.5 Å². The number of piperidine rings is 2. The normalized spacial score (nSPS) is 26.9. The maximum atomic E-state index is 14.2. The number of hydrogen-bond donors (Lipinski definition) is 0. The number of nitrogens with zero attached hydrogens (tertiary/aromatic N) is 2. The molecular formula is C20H35F3N2. The van der Waals surface area contributed by atoms with Crippen molar-refractivity contribution in [2.45, 2.75) is 89.4 Å². The van der Waals surface area contributed by atoms with Gasteiger partial charge in [0.1, 0.15) is 0 Å². The molecule has 146 valence electrons. The van der Waals surface area contributed by atoms with Crippen molar-refractivity contribution in [3.05, 3.63) is 0 Å². The molecule has 0 aromatic rings. The van der Waals surface area contributed by atoms with Crippen LogP contribution in [0.5, 0.6) is 0 Å². The molecule has 0 aromatic carbocycles. The third kappa shape index (κ3) is 5.35. The first kappa shape index (κ1) is 19.5. The summed E-state index contributed by atoms with van der Waals surface area (Å²) < 4.78 is 42.5. The SMILES string of the molecule is FC(F)(F)C(CC1CCCCC1)C(N1CCCCC1)N1CCCCC1. The highest BCUT2D eigenvalue weighted by atomic mass is 19.4. The zero-order chi connectivity index (χ0) is 17.7. The van der Waals surface area contributed by atoms with E-state index >= 15 is 0 Å². The molecular weight excluding hydrogens is 325 g/mol. The van der Waals surface area contributed by atoms with Crippen LogP contribution < -0.4 is 0 Å². The van der Waals surface area contributed by atoms with Gasteiger partial charge in [-0.05, 0) is 64.2 Å². The second-order valence-corrected chi connectivity index (χ2v) is 8.49. The summed E-state index contributed by atoms with van der Waals surface area (Å²) in [4.78, 5) is 4.38. The van der Waals surface area contributed by atoms with Gasteiger partial charge in [0.15, 0.2) is 0 Å². The number of likely N-dealkylation sites (tertiary alicyclic amines) is 2. The molecule has 0 amide bonds. The molecule has 0 radical (unpaired) electrons. The van der Waals surface area contributed by atoms with Gasteiger partial charge in [-0.3, -0.25) is 9.80 Å². The van der Waals surface area contributed by atoms with Crippen LogP contribution in [0.25, 0.3) is 0 Å². The summed E-state index contributed by atoms with van der Waals surface area (Å²) in [5.74, 6) is -0.899. The Hall–Kier alpha value is -0.290. The molecule has 1 aliphatic carbocycles. The number of alkyl halides is 3.